The number of anilines is 1. The number of sulfonamides is 1. The van der Waals surface area contributed by atoms with Gasteiger partial charge in [0.2, 0.25) is 10.0 Å². The molecule has 2 fully saturated rings. The van der Waals surface area contributed by atoms with E-state index in [1.807, 2.05) is 19.1 Å². The van der Waals surface area contributed by atoms with E-state index in [0.29, 0.717) is 17.4 Å². The number of nitrogens with one attached hydrogen (secondary N) is 2. The minimum Gasteiger partial charge on any atom is -0.385 e. The van der Waals surface area contributed by atoms with Gasteiger partial charge in [0.1, 0.15) is 0 Å². The maximum atomic E-state index is 12.4. The van der Waals surface area contributed by atoms with E-state index < -0.39 is 10.0 Å². The second kappa shape index (κ2) is 5.97. The first-order chi connectivity index (χ1) is 10.1. The third-order valence-electron chi connectivity index (χ3n) is 4.51. The van der Waals surface area contributed by atoms with Crippen LogP contribution in [0.5, 0.6) is 0 Å². The van der Waals surface area contributed by atoms with Gasteiger partial charge in [-0.15, -0.1) is 0 Å². The van der Waals surface area contributed by atoms with Crippen LogP contribution in [0.2, 0.25) is 0 Å². The third-order valence-corrected chi connectivity index (χ3v) is 5.95. The Hall–Kier alpha value is -1.07. The van der Waals surface area contributed by atoms with Gasteiger partial charge in [-0.05, 0) is 74.6 Å². The molecule has 2 saturated carbocycles. The zero-order valence-corrected chi connectivity index (χ0v) is 13.3. The number of hydrogen-bond acceptors (Lipinski definition) is 3. The largest absolute Gasteiger partial charge is 0.385 e. The van der Waals surface area contributed by atoms with Crippen molar-refractivity contribution in [3.8, 4) is 0 Å². The molecule has 21 heavy (non-hydrogen) atoms. The second-order valence-corrected chi connectivity index (χ2v) is 8.01. The average Bonchev–Trinajstić information content (AvgIpc) is 3.34. The van der Waals surface area contributed by atoms with E-state index in [4.69, 9.17) is 0 Å². The van der Waals surface area contributed by atoms with Crippen LogP contribution < -0.4 is 10.0 Å². The standard InChI is InChI=1S/C16H24N2O2S/c1-2-17-14-7-9-15(10-8-14)21(19,20)18-11-16(12-3-4-12)13-5-6-13/h7-10,12-13,16-18H,2-6,11H2,1H3. The Labute approximate surface area is 127 Å². The molecule has 0 heterocycles. The van der Waals surface area contributed by atoms with Crippen molar-refractivity contribution in [3.63, 3.8) is 0 Å². The minimum atomic E-state index is -3.38. The fraction of sp³-hybridized carbons (Fsp3) is 0.625. The lowest BCUT2D eigenvalue weighted by Crippen LogP contribution is -2.31. The molecular weight excluding hydrogens is 284 g/mol. The van der Waals surface area contributed by atoms with E-state index >= 15 is 0 Å². The van der Waals surface area contributed by atoms with Gasteiger partial charge in [-0.25, -0.2) is 13.1 Å². The van der Waals surface area contributed by atoms with Gasteiger partial charge >= 0.3 is 0 Å². The van der Waals surface area contributed by atoms with Gasteiger partial charge < -0.3 is 5.32 Å². The summed E-state index contributed by atoms with van der Waals surface area (Å²) in [6, 6.07) is 6.97. The van der Waals surface area contributed by atoms with Gasteiger partial charge in [-0.2, -0.15) is 0 Å². The van der Waals surface area contributed by atoms with Crippen LogP contribution in [-0.2, 0) is 10.0 Å². The van der Waals surface area contributed by atoms with Gasteiger partial charge in [-0.1, -0.05) is 0 Å². The second-order valence-electron chi connectivity index (χ2n) is 6.25. The van der Waals surface area contributed by atoms with E-state index in [9.17, 15) is 8.42 Å². The van der Waals surface area contributed by atoms with Crippen LogP contribution in [0.15, 0.2) is 29.2 Å². The fourth-order valence-corrected chi connectivity index (χ4v) is 4.09. The predicted octanol–water partition coefficient (Wildman–Crippen LogP) is 2.83. The monoisotopic (exact) mass is 308 g/mol. The molecule has 0 saturated heterocycles. The molecule has 4 nitrogen and oxygen atoms in total. The van der Waals surface area contributed by atoms with Crippen LogP contribution in [-0.4, -0.2) is 21.5 Å². The highest BCUT2D eigenvalue weighted by molar-refractivity contribution is 7.89. The van der Waals surface area contributed by atoms with Gasteiger partial charge in [0.05, 0.1) is 4.90 Å². The quantitative estimate of drug-likeness (QED) is 0.776. The molecule has 1 aromatic carbocycles. The molecule has 5 heteroatoms. The SMILES string of the molecule is CCNc1ccc(S(=O)(=O)NCC(C2CC2)C2CC2)cc1. The summed E-state index contributed by atoms with van der Waals surface area (Å²) in [7, 11) is -3.38. The van der Waals surface area contributed by atoms with Crippen molar-refractivity contribution in [2.75, 3.05) is 18.4 Å². The predicted molar refractivity (Wildman–Crippen MR) is 84.7 cm³/mol. The van der Waals surface area contributed by atoms with Gasteiger partial charge in [-0.3, -0.25) is 0 Å². The Morgan fingerprint density at radius 1 is 1.10 bits per heavy atom. The molecule has 2 aliphatic carbocycles. The smallest absolute Gasteiger partial charge is 0.240 e. The molecule has 0 bridgehead atoms. The molecule has 2 N–H and O–H groups in total. The highest BCUT2D eigenvalue weighted by Gasteiger charge is 2.41. The molecule has 0 atom stereocenters. The maximum Gasteiger partial charge on any atom is 0.240 e. The van der Waals surface area contributed by atoms with Crippen molar-refractivity contribution in [1.82, 2.24) is 4.72 Å². The highest BCUT2D eigenvalue weighted by atomic mass is 32.2. The van der Waals surface area contributed by atoms with Crippen LogP contribution in [0.25, 0.3) is 0 Å². The molecule has 0 amide bonds. The van der Waals surface area contributed by atoms with E-state index in [2.05, 4.69) is 10.0 Å². The van der Waals surface area contributed by atoms with Crippen molar-refractivity contribution >= 4 is 15.7 Å². The van der Waals surface area contributed by atoms with Crippen molar-refractivity contribution < 1.29 is 8.42 Å². The van der Waals surface area contributed by atoms with E-state index in [0.717, 1.165) is 24.1 Å². The molecule has 1 aromatic rings. The Morgan fingerprint density at radius 2 is 1.67 bits per heavy atom. The van der Waals surface area contributed by atoms with E-state index in [-0.39, 0.29) is 0 Å². The third kappa shape index (κ3) is 3.77. The fourth-order valence-electron chi connectivity index (χ4n) is 3.01. The molecule has 116 valence electrons. The summed E-state index contributed by atoms with van der Waals surface area (Å²) < 4.78 is 27.5. The molecule has 2 aliphatic rings. The van der Waals surface area contributed by atoms with E-state index in [1.165, 1.54) is 25.7 Å². The molecule has 0 spiro atoms. The van der Waals surface area contributed by atoms with Gasteiger partial charge in [0.25, 0.3) is 0 Å². The topological polar surface area (TPSA) is 58.2 Å². The Kier molecular flexibility index (Phi) is 4.22. The van der Waals surface area contributed by atoms with Gasteiger partial charge in [0, 0.05) is 18.8 Å². The first kappa shape index (κ1) is 14.9. The molecule has 3 rings (SSSR count). The lowest BCUT2D eigenvalue weighted by atomic mass is 9.99. The Morgan fingerprint density at radius 3 is 2.14 bits per heavy atom. The zero-order chi connectivity index (χ0) is 14.9. The van der Waals surface area contributed by atoms with Crippen LogP contribution in [0.1, 0.15) is 32.6 Å². The molecule has 0 radical (unpaired) electrons. The van der Waals surface area contributed by atoms with Gasteiger partial charge in [0.15, 0.2) is 0 Å². The Bertz CT molecular complexity index is 563. The first-order valence-electron chi connectivity index (χ1n) is 7.94. The first-order valence-corrected chi connectivity index (χ1v) is 9.42. The normalized spacial score (nSPS) is 19.0. The summed E-state index contributed by atoms with van der Waals surface area (Å²) in [5.41, 5.74) is 0.949. The summed E-state index contributed by atoms with van der Waals surface area (Å²) in [6.45, 7) is 3.45. The number of benzene rings is 1. The summed E-state index contributed by atoms with van der Waals surface area (Å²) >= 11 is 0. The van der Waals surface area contributed by atoms with Crippen LogP contribution in [0, 0.1) is 17.8 Å². The van der Waals surface area contributed by atoms with Crippen molar-refractivity contribution in [2.45, 2.75) is 37.5 Å². The average molecular weight is 308 g/mol. The van der Waals surface area contributed by atoms with Crippen molar-refractivity contribution in [2.24, 2.45) is 17.8 Å². The van der Waals surface area contributed by atoms with E-state index in [1.54, 1.807) is 12.1 Å². The molecule has 0 aliphatic heterocycles. The summed E-state index contributed by atoms with van der Waals surface area (Å²) in [4.78, 5) is 0.356. The molecule has 0 unspecified atom stereocenters. The van der Waals surface area contributed by atoms with Crippen LogP contribution >= 0.6 is 0 Å². The summed E-state index contributed by atoms with van der Waals surface area (Å²) in [5, 5.41) is 3.17. The number of rotatable bonds is 8. The van der Waals surface area contributed by atoms with Crippen molar-refractivity contribution in [3.05, 3.63) is 24.3 Å². The van der Waals surface area contributed by atoms with Crippen LogP contribution in [0.3, 0.4) is 0 Å². The highest BCUT2D eigenvalue weighted by Crippen LogP contribution is 2.48. The Balaban J connectivity index is 1.62. The minimum absolute atomic E-state index is 0.356. The molecule has 0 aromatic heterocycles. The summed E-state index contributed by atoms with van der Waals surface area (Å²) in [6.07, 6.45) is 5.11. The number of hydrogen-bond donors (Lipinski definition) is 2. The lowest BCUT2D eigenvalue weighted by molar-refractivity contribution is 0.401. The molecular formula is C16H24N2O2S. The summed E-state index contributed by atoms with van der Waals surface area (Å²) in [5.74, 6) is 2.08. The lowest BCUT2D eigenvalue weighted by Gasteiger charge is -2.16. The van der Waals surface area contributed by atoms with Crippen molar-refractivity contribution in [1.29, 1.82) is 0 Å². The maximum absolute atomic E-state index is 12.4. The zero-order valence-electron chi connectivity index (χ0n) is 12.5. The van der Waals surface area contributed by atoms with Crippen LogP contribution in [0.4, 0.5) is 5.69 Å².